The van der Waals surface area contributed by atoms with Gasteiger partial charge in [-0.15, -0.1) is 0 Å². The first kappa shape index (κ1) is 12.3. The second kappa shape index (κ2) is 4.64. The van der Waals surface area contributed by atoms with Gasteiger partial charge in [0, 0.05) is 6.04 Å². The summed E-state index contributed by atoms with van der Waals surface area (Å²) >= 11 is 0. The Bertz CT molecular complexity index is 508. The van der Waals surface area contributed by atoms with Crippen LogP contribution < -0.4 is 9.46 Å². The SMILES string of the molecule is COc1ccc(CO)cc1S(=O)(=O)NC1CC1. The summed E-state index contributed by atoms with van der Waals surface area (Å²) in [6.45, 7) is -0.198. The van der Waals surface area contributed by atoms with Crippen molar-refractivity contribution in [3.05, 3.63) is 23.8 Å². The molecule has 0 amide bonds. The number of rotatable bonds is 5. The summed E-state index contributed by atoms with van der Waals surface area (Å²) in [5.41, 5.74) is 0.543. The van der Waals surface area contributed by atoms with Gasteiger partial charge in [0.1, 0.15) is 10.6 Å². The Morgan fingerprint density at radius 3 is 2.71 bits per heavy atom. The molecule has 0 aliphatic heterocycles. The van der Waals surface area contributed by atoms with E-state index in [9.17, 15) is 8.42 Å². The number of benzene rings is 1. The molecule has 1 aromatic carbocycles. The Hall–Kier alpha value is -1.11. The lowest BCUT2D eigenvalue weighted by molar-refractivity contribution is 0.281. The number of aliphatic hydroxyl groups excluding tert-OH is 1. The molecule has 0 radical (unpaired) electrons. The lowest BCUT2D eigenvalue weighted by atomic mass is 10.2. The molecule has 1 aromatic rings. The average molecular weight is 257 g/mol. The molecule has 0 saturated heterocycles. The van der Waals surface area contributed by atoms with Crippen LogP contribution in [0.5, 0.6) is 5.75 Å². The second-order valence-electron chi connectivity index (χ2n) is 4.04. The van der Waals surface area contributed by atoms with Crippen LogP contribution in [0, 0.1) is 0 Å². The number of nitrogens with one attached hydrogen (secondary N) is 1. The maximum absolute atomic E-state index is 12.1. The molecule has 0 unspecified atom stereocenters. The summed E-state index contributed by atoms with van der Waals surface area (Å²) < 4.78 is 31.7. The molecular formula is C11H15NO4S. The maximum atomic E-state index is 12.1. The molecule has 0 bridgehead atoms. The van der Waals surface area contributed by atoms with Gasteiger partial charge < -0.3 is 9.84 Å². The first-order valence-electron chi connectivity index (χ1n) is 5.37. The summed E-state index contributed by atoms with van der Waals surface area (Å²) in [5.74, 6) is 0.287. The standard InChI is InChI=1S/C11H15NO4S/c1-16-10-5-2-8(7-13)6-11(10)17(14,15)12-9-3-4-9/h2,5-6,9,12-13H,3-4,7H2,1H3. The van der Waals surface area contributed by atoms with E-state index in [4.69, 9.17) is 9.84 Å². The maximum Gasteiger partial charge on any atom is 0.244 e. The highest BCUT2D eigenvalue weighted by Gasteiger charge is 2.29. The number of methoxy groups -OCH3 is 1. The number of aliphatic hydroxyl groups is 1. The van der Waals surface area contributed by atoms with Crippen LogP contribution in [0.3, 0.4) is 0 Å². The Balaban J connectivity index is 2.39. The van der Waals surface area contributed by atoms with Crippen LogP contribution in [-0.4, -0.2) is 26.7 Å². The Morgan fingerprint density at radius 2 is 2.18 bits per heavy atom. The van der Waals surface area contributed by atoms with E-state index in [0.717, 1.165) is 12.8 Å². The highest BCUT2D eigenvalue weighted by molar-refractivity contribution is 7.89. The summed E-state index contributed by atoms with van der Waals surface area (Å²) in [7, 11) is -2.14. The van der Waals surface area contributed by atoms with Gasteiger partial charge >= 0.3 is 0 Å². The van der Waals surface area contributed by atoms with Gasteiger partial charge in [-0.3, -0.25) is 0 Å². The molecule has 1 aliphatic rings. The molecule has 1 aliphatic carbocycles. The van der Waals surface area contributed by atoms with Crippen molar-refractivity contribution in [3.63, 3.8) is 0 Å². The fourth-order valence-electron chi connectivity index (χ4n) is 1.51. The van der Waals surface area contributed by atoms with Crippen molar-refractivity contribution in [3.8, 4) is 5.75 Å². The van der Waals surface area contributed by atoms with E-state index in [-0.39, 0.29) is 23.3 Å². The molecule has 0 aromatic heterocycles. The average Bonchev–Trinajstić information content (AvgIpc) is 3.11. The van der Waals surface area contributed by atoms with Crippen molar-refractivity contribution >= 4 is 10.0 Å². The zero-order valence-corrected chi connectivity index (χ0v) is 10.3. The third-order valence-electron chi connectivity index (χ3n) is 2.60. The number of hydrogen-bond donors (Lipinski definition) is 2. The summed E-state index contributed by atoms with van der Waals surface area (Å²) in [6, 6.07) is 4.66. The van der Waals surface area contributed by atoms with Crippen LogP contribution in [-0.2, 0) is 16.6 Å². The van der Waals surface area contributed by atoms with Crippen molar-refractivity contribution in [2.24, 2.45) is 0 Å². The van der Waals surface area contributed by atoms with Crippen molar-refractivity contribution < 1.29 is 18.3 Å². The molecule has 0 heterocycles. The van der Waals surface area contributed by atoms with Crippen LogP contribution in [0.15, 0.2) is 23.1 Å². The Labute approximate surface area is 100 Å². The van der Waals surface area contributed by atoms with E-state index in [1.807, 2.05) is 0 Å². The second-order valence-corrected chi connectivity index (χ2v) is 5.72. The lowest BCUT2D eigenvalue weighted by Crippen LogP contribution is -2.26. The van der Waals surface area contributed by atoms with E-state index < -0.39 is 10.0 Å². The summed E-state index contributed by atoms with van der Waals surface area (Å²) in [5, 5.41) is 9.03. The topological polar surface area (TPSA) is 75.6 Å². The molecule has 94 valence electrons. The van der Waals surface area contributed by atoms with Gasteiger partial charge in [-0.2, -0.15) is 0 Å². The van der Waals surface area contributed by atoms with Crippen molar-refractivity contribution in [1.82, 2.24) is 4.72 Å². The van der Waals surface area contributed by atoms with Crippen LogP contribution in [0.25, 0.3) is 0 Å². The van der Waals surface area contributed by atoms with Crippen LogP contribution in [0.2, 0.25) is 0 Å². The number of hydrogen-bond acceptors (Lipinski definition) is 4. The summed E-state index contributed by atoms with van der Waals surface area (Å²) in [4.78, 5) is 0.0819. The first-order chi connectivity index (χ1) is 8.06. The molecule has 5 nitrogen and oxygen atoms in total. The van der Waals surface area contributed by atoms with E-state index >= 15 is 0 Å². The molecule has 6 heteroatoms. The summed E-state index contributed by atoms with van der Waals surface area (Å²) in [6.07, 6.45) is 1.75. The van der Waals surface area contributed by atoms with Crippen molar-refractivity contribution in [2.45, 2.75) is 30.4 Å². The molecule has 0 spiro atoms. The minimum absolute atomic E-state index is 0.0440. The molecule has 2 rings (SSSR count). The van der Waals surface area contributed by atoms with Gasteiger partial charge in [-0.05, 0) is 30.5 Å². The van der Waals surface area contributed by atoms with Gasteiger partial charge in [0.2, 0.25) is 10.0 Å². The minimum atomic E-state index is -3.56. The van der Waals surface area contributed by atoms with Crippen LogP contribution in [0.4, 0.5) is 0 Å². The van der Waals surface area contributed by atoms with E-state index in [1.165, 1.54) is 13.2 Å². The Morgan fingerprint density at radius 1 is 1.47 bits per heavy atom. The fourth-order valence-corrected chi connectivity index (χ4v) is 3.04. The zero-order valence-electron chi connectivity index (χ0n) is 9.51. The third kappa shape index (κ3) is 2.77. The number of ether oxygens (including phenoxy) is 1. The first-order valence-corrected chi connectivity index (χ1v) is 6.85. The monoisotopic (exact) mass is 257 g/mol. The molecular weight excluding hydrogens is 242 g/mol. The number of sulfonamides is 1. The highest BCUT2D eigenvalue weighted by atomic mass is 32.2. The minimum Gasteiger partial charge on any atom is -0.495 e. The van der Waals surface area contributed by atoms with E-state index in [0.29, 0.717) is 5.56 Å². The quantitative estimate of drug-likeness (QED) is 0.811. The van der Waals surface area contributed by atoms with Crippen LogP contribution in [0.1, 0.15) is 18.4 Å². The molecule has 17 heavy (non-hydrogen) atoms. The third-order valence-corrected chi connectivity index (χ3v) is 4.14. The smallest absolute Gasteiger partial charge is 0.244 e. The van der Waals surface area contributed by atoms with Gasteiger partial charge in [0.25, 0.3) is 0 Å². The molecule has 1 fully saturated rings. The zero-order chi connectivity index (χ0) is 12.5. The normalized spacial score (nSPS) is 15.9. The van der Waals surface area contributed by atoms with Gasteiger partial charge in [0.05, 0.1) is 13.7 Å². The van der Waals surface area contributed by atoms with Crippen molar-refractivity contribution in [2.75, 3.05) is 7.11 Å². The molecule has 0 atom stereocenters. The molecule has 2 N–H and O–H groups in total. The lowest BCUT2D eigenvalue weighted by Gasteiger charge is -2.11. The molecule has 1 saturated carbocycles. The van der Waals surface area contributed by atoms with E-state index in [2.05, 4.69) is 4.72 Å². The van der Waals surface area contributed by atoms with Crippen molar-refractivity contribution in [1.29, 1.82) is 0 Å². The predicted octanol–water partition coefficient (Wildman–Crippen LogP) is 0.628. The highest BCUT2D eigenvalue weighted by Crippen LogP contribution is 2.28. The van der Waals surface area contributed by atoms with Gasteiger partial charge in [0.15, 0.2) is 0 Å². The van der Waals surface area contributed by atoms with E-state index in [1.54, 1.807) is 12.1 Å². The van der Waals surface area contributed by atoms with Gasteiger partial charge in [-0.25, -0.2) is 13.1 Å². The largest absolute Gasteiger partial charge is 0.495 e. The predicted molar refractivity (Wildman–Crippen MR) is 62.3 cm³/mol. The van der Waals surface area contributed by atoms with Gasteiger partial charge in [-0.1, -0.05) is 6.07 Å². The van der Waals surface area contributed by atoms with Crippen LogP contribution >= 0.6 is 0 Å². The Kier molecular flexibility index (Phi) is 3.37. The fraction of sp³-hybridized carbons (Fsp3) is 0.455.